The van der Waals surface area contributed by atoms with E-state index in [9.17, 15) is 5.11 Å². The van der Waals surface area contributed by atoms with Crippen molar-refractivity contribution in [1.82, 2.24) is 0 Å². The molecule has 1 atom stereocenters. The van der Waals surface area contributed by atoms with Gasteiger partial charge in [-0.2, -0.15) is 0 Å². The molecule has 0 aliphatic rings. The average molecular weight is 243 g/mol. The van der Waals surface area contributed by atoms with Gasteiger partial charge in [-0.05, 0) is 24.5 Å². The minimum absolute atomic E-state index is 0.144. The summed E-state index contributed by atoms with van der Waals surface area (Å²) in [6.45, 7) is 0.928. The molecule has 16 heavy (non-hydrogen) atoms. The minimum Gasteiger partial charge on any atom is -0.396 e. The lowest BCUT2D eigenvalue weighted by atomic mass is 9.94. The fourth-order valence-electron chi connectivity index (χ4n) is 1.79. The lowest BCUT2D eigenvalue weighted by Gasteiger charge is -2.15. The summed E-state index contributed by atoms with van der Waals surface area (Å²) < 4.78 is 5.00. The van der Waals surface area contributed by atoms with Gasteiger partial charge in [-0.3, -0.25) is 0 Å². The molecule has 1 N–H and O–H groups in total. The van der Waals surface area contributed by atoms with Crippen LogP contribution in [0.15, 0.2) is 24.3 Å². The fourth-order valence-corrected chi connectivity index (χ4v) is 2.08. The highest BCUT2D eigenvalue weighted by atomic mass is 35.5. The molecule has 0 fully saturated rings. The van der Waals surface area contributed by atoms with Crippen LogP contribution < -0.4 is 0 Å². The summed E-state index contributed by atoms with van der Waals surface area (Å²) >= 11 is 6.10. The maximum Gasteiger partial charge on any atom is 0.0500 e. The number of hydrogen-bond donors (Lipinski definition) is 1. The maximum atomic E-state index is 9.37. The Bertz CT molecular complexity index is 302. The first-order valence-corrected chi connectivity index (χ1v) is 6.01. The molecule has 0 bridgehead atoms. The average Bonchev–Trinajstić information content (AvgIpc) is 2.31. The monoisotopic (exact) mass is 242 g/mol. The van der Waals surface area contributed by atoms with Crippen molar-refractivity contribution >= 4 is 11.6 Å². The molecule has 0 spiro atoms. The van der Waals surface area contributed by atoms with Crippen LogP contribution in [0.25, 0.3) is 0 Å². The third-order valence-electron chi connectivity index (χ3n) is 2.72. The van der Waals surface area contributed by atoms with Gasteiger partial charge in [0.25, 0.3) is 0 Å². The summed E-state index contributed by atoms with van der Waals surface area (Å²) in [5, 5.41) is 10.1. The van der Waals surface area contributed by atoms with Gasteiger partial charge in [0.05, 0.1) is 0 Å². The third kappa shape index (κ3) is 4.12. The van der Waals surface area contributed by atoms with Crippen LogP contribution in [0.3, 0.4) is 0 Å². The Balaban J connectivity index is 2.51. The van der Waals surface area contributed by atoms with E-state index in [0.717, 1.165) is 36.5 Å². The highest BCUT2D eigenvalue weighted by Crippen LogP contribution is 2.27. The molecule has 0 saturated carbocycles. The quantitative estimate of drug-likeness (QED) is 0.744. The topological polar surface area (TPSA) is 29.5 Å². The summed E-state index contributed by atoms with van der Waals surface area (Å²) in [6.07, 6.45) is 3.02. The molecule has 0 amide bonds. The van der Waals surface area contributed by atoms with Gasteiger partial charge < -0.3 is 9.84 Å². The minimum atomic E-state index is 0.144. The smallest absolute Gasteiger partial charge is 0.0500 e. The van der Waals surface area contributed by atoms with E-state index in [2.05, 4.69) is 0 Å². The number of methoxy groups -OCH3 is 1. The van der Waals surface area contributed by atoms with E-state index in [-0.39, 0.29) is 12.5 Å². The SMILES string of the molecule is COCCCCC(CO)c1ccccc1Cl. The first kappa shape index (κ1) is 13.5. The lowest BCUT2D eigenvalue weighted by molar-refractivity contribution is 0.188. The van der Waals surface area contributed by atoms with Crippen molar-refractivity contribution < 1.29 is 9.84 Å². The summed E-state index contributed by atoms with van der Waals surface area (Å²) in [7, 11) is 1.71. The van der Waals surface area contributed by atoms with Crippen LogP contribution in [0.1, 0.15) is 30.7 Å². The van der Waals surface area contributed by atoms with Gasteiger partial charge in [0.1, 0.15) is 0 Å². The van der Waals surface area contributed by atoms with Gasteiger partial charge in [-0.1, -0.05) is 36.2 Å². The first-order chi connectivity index (χ1) is 7.79. The Morgan fingerprint density at radius 3 is 2.69 bits per heavy atom. The fraction of sp³-hybridized carbons (Fsp3) is 0.538. The zero-order chi connectivity index (χ0) is 11.8. The van der Waals surface area contributed by atoms with Crippen LogP contribution in [0, 0.1) is 0 Å². The predicted octanol–water partition coefficient (Wildman–Crippen LogP) is 3.23. The Morgan fingerprint density at radius 2 is 2.06 bits per heavy atom. The van der Waals surface area contributed by atoms with E-state index < -0.39 is 0 Å². The van der Waals surface area contributed by atoms with E-state index in [4.69, 9.17) is 16.3 Å². The zero-order valence-corrected chi connectivity index (χ0v) is 10.4. The normalized spacial score (nSPS) is 12.7. The van der Waals surface area contributed by atoms with E-state index >= 15 is 0 Å². The van der Waals surface area contributed by atoms with Crippen LogP contribution in [0.5, 0.6) is 0 Å². The molecule has 3 heteroatoms. The maximum absolute atomic E-state index is 9.37. The van der Waals surface area contributed by atoms with Crippen molar-refractivity contribution in [1.29, 1.82) is 0 Å². The van der Waals surface area contributed by atoms with Gasteiger partial charge in [-0.25, -0.2) is 0 Å². The largest absolute Gasteiger partial charge is 0.396 e. The van der Waals surface area contributed by atoms with Gasteiger partial charge in [-0.15, -0.1) is 0 Å². The van der Waals surface area contributed by atoms with Gasteiger partial charge in [0.15, 0.2) is 0 Å². The standard InChI is InChI=1S/C13H19ClO2/c1-16-9-5-4-6-11(10-15)12-7-2-3-8-13(12)14/h2-3,7-8,11,15H,4-6,9-10H2,1H3. The summed E-state index contributed by atoms with van der Waals surface area (Å²) in [5.74, 6) is 0.144. The van der Waals surface area contributed by atoms with Gasteiger partial charge in [0.2, 0.25) is 0 Å². The molecule has 0 aromatic heterocycles. The molecule has 0 aliphatic heterocycles. The molecular weight excluding hydrogens is 224 g/mol. The second-order valence-electron chi connectivity index (χ2n) is 3.89. The van der Waals surface area contributed by atoms with Crippen LogP contribution >= 0.6 is 11.6 Å². The second-order valence-corrected chi connectivity index (χ2v) is 4.30. The van der Waals surface area contributed by atoms with E-state index in [1.54, 1.807) is 7.11 Å². The number of aliphatic hydroxyl groups is 1. The number of rotatable bonds is 7. The van der Waals surface area contributed by atoms with E-state index in [1.165, 1.54) is 0 Å². The van der Waals surface area contributed by atoms with Crippen molar-refractivity contribution in [2.75, 3.05) is 20.3 Å². The summed E-state index contributed by atoms with van der Waals surface area (Å²) in [4.78, 5) is 0. The van der Waals surface area contributed by atoms with Crippen molar-refractivity contribution in [3.8, 4) is 0 Å². The molecule has 0 radical (unpaired) electrons. The van der Waals surface area contributed by atoms with Crippen LogP contribution in [0.2, 0.25) is 5.02 Å². The van der Waals surface area contributed by atoms with E-state index in [0.29, 0.717) is 0 Å². The third-order valence-corrected chi connectivity index (χ3v) is 3.06. The molecule has 90 valence electrons. The predicted molar refractivity (Wildman–Crippen MR) is 67.0 cm³/mol. The molecule has 2 nitrogen and oxygen atoms in total. The lowest BCUT2D eigenvalue weighted by Crippen LogP contribution is -2.05. The number of benzene rings is 1. The highest BCUT2D eigenvalue weighted by Gasteiger charge is 2.12. The molecule has 1 aromatic carbocycles. The Hall–Kier alpha value is -0.570. The summed E-state index contributed by atoms with van der Waals surface area (Å²) in [6, 6.07) is 7.72. The van der Waals surface area contributed by atoms with Crippen molar-refractivity contribution in [2.45, 2.75) is 25.2 Å². The van der Waals surface area contributed by atoms with E-state index in [1.807, 2.05) is 24.3 Å². The van der Waals surface area contributed by atoms with Crippen molar-refractivity contribution in [2.24, 2.45) is 0 Å². The molecule has 0 aliphatic carbocycles. The number of hydrogen-bond acceptors (Lipinski definition) is 2. The molecule has 1 unspecified atom stereocenters. The Kier molecular flexibility index (Phi) is 6.46. The Labute approximate surface area is 102 Å². The Morgan fingerprint density at radius 1 is 1.31 bits per heavy atom. The molecular formula is C13H19ClO2. The van der Waals surface area contributed by atoms with Crippen LogP contribution in [-0.4, -0.2) is 25.4 Å². The van der Waals surface area contributed by atoms with Crippen molar-refractivity contribution in [3.05, 3.63) is 34.9 Å². The molecule has 1 rings (SSSR count). The molecule has 0 saturated heterocycles. The highest BCUT2D eigenvalue weighted by molar-refractivity contribution is 6.31. The van der Waals surface area contributed by atoms with Crippen molar-refractivity contribution in [3.63, 3.8) is 0 Å². The van der Waals surface area contributed by atoms with Crippen LogP contribution in [-0.2, 0) is 4.74 Å². The first-order valence-electron chi connectivity index (χ1n) is 5.63. The molecule has 0 heterocycles. The summed E-state index contributed by atoms with van der Waals surface area (Å²) in [5.41, 5.74) is 1.05. The van der Waals surface area contributed by atoms with Gasteiger partial charge >= 0.3 is 0 Å². The number of unbranched alkanes of at least 4 members (excludes halogenated alkanes) is 1. The van der Waals surface area contributed by atoms with Gasteiger partial charge in [0, 0.05) is 31.3 Å². The number of halogens is 1. The zero-order valence-electron chi connectivity index (χ0n) is 9.66. The van der Waals surface area contributed by atoms with Crippen LogP contribution in [0.4, 0.5) is 0 Å². The second kappa shape index (κ2) is 7.66. The molecule has 1 aromatic rings. The number of aliphatic hydroxyl groups excluding tert-OH is 1. The number of ether oxygens (including phenoxy) is 1.